The largest absolute Gasteiger partial charge is 0.288 e. The number of rotatable bonds is 3. The molecule has 0 aliphatic carbocycles. The number of aromatic nitrogens is 3. The molecule has 3 heterocycles. The van der Waals surface area contributed by atoms with Gasteiger partial charge in [-0.25, -0.2) is 0 Å². The summed E-state index contributed by atoms with van der Waals surface area (Å²) in [7, 11) is 0. The number of hydrogen-bond acceptors (Lipinski definition) is 5. The molecule has 0 saturated carbocycles. The quantitative estimate of drug-likeness (QED) is 0.850. The van der Waals surface area contributed by atoms with Gasteiger partial charge in [-0.1, -0.05) is 6.07 Å². The van der Waals surface area contributed by atoms with E-state index in [4.69, 9.17) is 0 Å². The van der Waals surface area contributed by atoms with Gasteiger partial charge in [0, 0.05) is 6.20 Å². The van der Waals surface area contributed by atoms with Crippen LogP contribution in [-0.4, -0.2) is 26.6 Å². The first-order chi connectivity index (χ1) is 8.83. The van der Waals surface area contributed by atoms with Crippen LogP contribution in [0.15, 0.2) is 24.4 Å². The molecular formula is C13H16N4S. The summed E-state index contributed by atoms with van der Waals surface area (Å²) in [6.07, 6.45) is 4.30. The maximum absolute atomic E-state index is 4.48. The van der Waals surface area contributed by atoms with Crippen molar-refractivity contribution in [2.24, 2.45) is 0 Å². The topological polar surface area (TPSA) is 41.9 Å². The molecule has 18 heavy (non-hydrogen) atoms. The first-order valence-electron chi connectivity index (χ1n) is 6.27. The average molecular weight is 260 g/mol. The SMILES string of the molecule is Cc1nnc(CN2CCCC2c2ccccn2)s1. The maximum atomic E-state index is 4.48. The van der Waals surface area contributed by atoms with E-state index in [-0.39, 0.29) is 0 Å². The fourth-order valence-corrected chi connectivity index (χ4v) is 3.23. The van der Waals surface area contributed by atoms with Crippen LogP contribution in [0.25, 0.3) is 0 Å². The molecular weight excluding hydrogens is 244 g/mol. The molecule has 0 N–H and O–H groups in total. The Morgan fingerprint density at radius 3 is 3.06 bits per heavy atom. The molecule has 1 atom stereocenters. The maximum Gasteiger partial charge on any atom is 0.131 e. The third-order valence-corrected chi connectivity index (χ3v) is 4.12. The number of pyridine rings is 1. The van der Waals surface area contributed by atoms with E-state index in [0.29, 0.717) is 6.04 Å². The molecule has 0 radical (unpaired) electrons. The highest BCUT2D eigenvalue weighted by Crippen LogP contribution is 2.32. The minimum absolute atomic E-state index is 0.440. The first kappa shape index (κ1) is 11.7. The Morgan fingerprint density at radius 2 is 2.33 bits per heavy atom. The van der Waals surface area contributed by atoms with Crippen molar-refractivity contribution in [2.75, 3.05) is 6.54 Å². The van der Waals surface area contributed by atoms with Gasteiger partial charge in [0.25, 0.3) is 0 Å². The second-order valence-corrected chi connectivity index (χ2v) is 5.86. The van der Waals surface area contributed by atoms with E-state index in [1.54, 1.807) is 11.3 Å². The fourth-order valence-electron chi connectivity index (χ4n) is 2.50. The van der Waals surface area contributed by atoms with Crippen molar-refractivity contribution in [3.8, 4) is 0 Å². The van der Waals surface area contributed by atoms with Gasteiger partial charge in [0.15, 0.2) is 0 Å². The zero-order chi connectivity index (χ0) is 12.4. The predicted octanol–water partition coefficient (Wildman–Crippen LogP) is 2.58. The number of hydrogen-bond donors (Lipinski definition) is 0. The van der Waals surface area contributed by atoms with Gasteiger partial charge < -0.3 is 0 Å². The lowest BCUT2D eigenvalue weighted by Crippen LogP contribution is -2.23. The molecule has 3 rings (SSSR count). The Labute approximate surface area is 111 Å². The van der Waals surface area contributed by atoms with Crippen LogP contribution in [-0.2, 0) is 6.54 Å². The van der Waals surface area contributed by atoms with E-state index in [2.05, 4.69) is 32.2 Å². The van der Waals surface area contributed by atoms with Crippen molar-refractivity contribution in [1.29, 1.82) is 0 Å². The lowest BCUT2D eigenvalue weighted by molar-refractivity contribution is 0.243. The molecule has 0 spiro atoms. The van der Waals surface area contributed by atoms with E-state index in [9.17, 15) is 0 Å². The zero-order valence-electron chi connectivity index (χ0n) is 10.4. The normalized spacial score (nSPS) is 20.4. The van der Waals surface area contributed by atoms with Crippen LogP contribution in [0.4, 0.5) is 0 Å². The third kappa shape index (κ3) is 2.42. The van der Waals surface area contributed by atoms with Crippen LogP contribution < -0.4 is 0 Å². The molecule has 1 saturated heterocycles. The molecule has 2 aromatic rings. The van der Waals surface area contributed by atoms with Gasteiger partial charge >= 0.3 is 0 Å². The summed E-state index contributed by atoms with van der Waals surface area (Å²) in [5, 5.41) is 10.4. The Kier molecular flexibility index (Phi) is 3.34. The summed E-state index contributed by atoms with van der Waals surface area (Å²) in [4.78, 5) is 6.94. The molecule has 94 valence electrons. The van der Waals surface area contributed by atoms with Gasteiger partial charge in [0.1, 0.15) is 10.0 Å². The van der Waals surface area contributed by atoms with Crippen LogP contribution in [0.2, 0.25) is 0 Å². The minimum atomic E-state index is 0.440. The summed E-state index contributed by atoms with van der Waals surface area (Å²) < 4.78 is 0. The van der Waals surface area contributed by atoms with E-state index in [0.717, 1.165) is 23.1 Å². The van der Waals surface area contributed by atoms with Crippen LogP contribution in [0.1, 0.15) is 34.6 Å². The molecule has 2 aromatic heterocycles. The van der Waals surface area contributed by atoms with E-state index in [1.165, 1.54) is 18.5 Å². The molecule has 0 bridgehead atoms. The lowest BCUT2D eigenvalue weighted by Gasteiger charge is -2.22. The van der Waals surface area contributed by atoms with Gasteiger partial charge in [-0.05, 0) is 38.4 Å². The molecule has 5 heteroatoms. The lowest BCUT2D eigenvalue weighted by atomic mass is 10.1. The van der Waals surface area contributed by atoms with Crippen LogP contribution in [0, 0.1) is 6.92 Å². The second kappa shape index (κ2) is 5.12. The molecule has 1 aliphatic heterocycles. The van der Waals surface area contributed by atoms with Gasteiger partial charge in [-0.3, -0.25) is 9.88 Å². The molecule has 0 aromatic carbocycles. The zero-order valence-corrected chi connectivity index (χ0v) is 11.2. The summed E-state index contributed by atoms with van der Waals surface area (Å²) in [5.41, 5.74) is 1.18. The smallest absolute Gasteiger partial charge is 0.131 e. The second-order valence-electron chi connectivity index (χ2n) is 4.60. The van der Waals surface area contributed by atoms with E-state index >= 15 is 0 Å². The van der Waals surface area contributed by atoms with Crippen LogP contribution in [0.5, 0.6) is 0 Å². The highest BCUT2D eigenvalue weighted by molar-refractivity contribution is 7.11. The Hall–Kier alpha value is -1.33. The minimum Gasteiger partial charge on any atom is -0.288 e. The van der Waals surface area contributed by atoms with Gasteiger partial charge in [0.05, 0.1) is 18.3 Å². The fraction of sp³-hybridized carbons (Fsp3) is 0.462. The molecule has 1 fully saturated rings. The molecule has 1 aliphatic rings. The molecule has 4 nitrogen and oxygen atoms in total. The van der Waals surface area contributed by atoms with E-state index < -0.39 is 0 Å². The first-order valence-corrected chi connectivity index (χ1v) is 7.08. The predicted molar refractivity (Wildman–Crippen MR) is 71.3 cm³/mol. The summed E-state index contributed by atoms with van der Waals surface area (Å²) in [5.74, 6) is 0. The van der Waals surface area contributed by atoms with Crippen LogP contribution >= 0.6 is 11.3 Å². The van der Waals surface area contributed by atoms with Crippen molar-refractivity contribution >= 4 is 11.3 Å². The van der Waals surface area contributed by atoms with Crippen LogP contribution in [0.3, 0.4) is 0 Å². The summed E-state index contributed by atoms with van der Waals surface area (Å²) in [6, 6.07) is 6.59. The van der Waals surface area contributed by atoms with Crippen molar-refractivity contribution in [3.05, 3.63) is 40.1 Å². The summed E-state index contributed by atoms with van der Waals surface area (Å²) in [6.45, 7) is 4.02. The Balaban J connectivity index is 1.75. The van der Waals surface area contributed by atoms with Gasteiger partial charge in [-0.2, -0.15) is 0 Å². The average Bonchev–Trinajstić information content (AvgIpc) is 3.00. The number of nitrogens with zero attached hydrogens (tertiary/aromatic N) is 4. The van der Waals surface area contributed by atoms with Gasteiger partial charge in [-0.15, -0.1) is 21.5 Å². The van der Waals surface area contributed by atoms with E-state index in [1.807, 2.05) is 19.2 Å². The van der Waals surface area contributed by atoms with Crippen molar-refractivity contribution in [1.82, 2.24) is 20.1 Å². The molecule has 0 amide bonds. The molecule has 1 unspecified atom stereocenters. The highest BCUT2D eigenvalue weighted by atomic mass is 32.1. The van der Waals surface area contributed by atoms with Crippen molar-refractivity contribution < 1.29 is 0 Å². The van der Waals surface area contributed by atoms with Crippen molar-refractivity contribution in [2.45, 2.75) is 32.4 Å². The number of likely N-dealkylation sites (tertiary alicyclic amines) is 1. The highest BCUT2D eigenvalue weighted by Gasteiger charge is 2.27. The summed E-state index contributed by atoms with van der Waals surface area (Å²) >= 11 is 1.69. The monoisotopic (exact) mass is 260 g/mol. The van der Waals surface area contributed by atoms with Crippen molar-refractivity contribution in [3.63, 3.8) is 0 Å². The van der Waals surface area contributed by atoms with Gasteiger partial charge in [0.2, 0.25) is 0 Å². The Morgan fingerprint density at radius 1 is 1.39 bits per heavy atom. The third-order valence-electron chi connectivity index (χ3n) is 3.30. The number of aryl methyl sites for hydroxylation is 1. The standard InChI is InChI=1S/C13H16N4S/c1-10-15-16-13(18-10)9-17-8-4-6-12(17)11-5-2-3-7-14-11/h2-3,5,7,12H,4,6,8-9H2,1H3. The Bertz CT molecular complexity index is 511.